The highest BCUT2D eigenvalue weighted by molar-refractivity contribution is 5.93. The molecule has 19 heavy (non-hydrogen) atoms. The number of hydrogen-bond donors (Lipinski definition) is 2. The van der Waals surface area contributed by atoms with Crippen molar-refractivity contribution in [3.63, 3.8) is 0 Å². The first kappa shape index (κ1) is 12.5. The van der Waals surface area contributed by atoms with Crippen LogP contribution < -0.4 is 5.73 Å². The van der Waals surface area contributed by atoms with Crippen molar-refractivity contribution in [2.45, 2.75) is 37.8 Å². The van der Waals surface area contributed by atoms with Crippen LogP contribution in [0.2, 0.25) is 0 Å². The summed E-state index contributed by atoms with van der Waals surface area (Å²) in [4.78, 5) is 14.2. The average molecular weight is 263 g/mol. The highest BCUT2D eigenvalue weighted by Crippen LogP contribution is 2.37. The van der Waals surface area contributed by atoms with Crippen LogP contribution in [-0.4, -0.2) is 40.2 Å². The molecule has 3 N–H and O–H groups in total. The number of amides is 1. The van der Waals surface area contributed by atoms with Crippen LogP contribution in [0.3, 0.4) is 0 Å². The zero-order chi connectivity index (χ0) is 13.6. The van der Waals surface area contributed by atoms with Crippen molar-refractivity contribution in [3.8, 4) is 0 Å². The van der Waals surface area contributed by atoms with Gasteiger partial charge >= 0.3 is 0 Å². The molecule has 2 aliphatic carbocycles. The molecule has 2 saturated carbocycles. The molecule has 0 unspecified atom stereocenters. The van der Waals surface area contributed by atoms with E-state index in [1.165, 1.54) is 0 Å². The minimum Gasteiger partial charge on any atom is -0.397 e. The predicted octanol–water partition coefficient (Wildman–Crippen LogP) is 1.25. The molecule has 104 valence electrons. The van der Waals surface area contributed by atoms with E-state index in [4.69, 9.17) is 5.73 Å². The van der Waals surface area contributed by atoms with Gasteiger partial charge in [0.15, 0.2) is 0 Å². The molecule has 0 atom stereocenters. The van der Waals surface area contributed by atoms with E-state index in [0.29, 0.717) is 29.9 Å². The normalized spacial score (nSPS) is 26.0. The molecule has 2 aliphatic rings. The predicted molar refractivity (Wildman–Crippen MR) is 72.8 cm³/mol. The van der Waals surface area contributed by atoms with Gasteiger partial charge in [-0.05, 0) is 37.7 Å². The van der Waals surface area contributed by atoms with Crippen molar-refractivity contribution < 1.29 is 9.90 Å². The third kappa shape index (κ3) is 2.47. The van der Waals surface area contributed by atoms with Crippen molar-refractivity contribution in [1.29, 1.82) is 0 Å². The number of nitrogens with two attached hydrogens (primary N) is 1. The lowest BCUT2D eigenvalue weighted by Gasteiger charge is -2.34. The smallest absolute Gasteiger partial charge is 0.270 e. The van der Waals surface area contributed by atoms with Crippen molar-refractivity contribution in [2.75, 3.05) is 19.3 Å². The summed E-state index contributed by atoms with van der Waals surface area (Å²) in [5, 5.41) is 9.29. The second-order valence-electron chi connectivity index (χ2n) is 5.97. The lowest BCUT2D eigenvalue weighted by molar-refractivity contribution is 0.0263. The topological polar surface area (TPSA) is 71.5 Å². The van der Waals surface area contributed by atoms with E-state index in [-0.39, 0.29) is 12.0 Å². The quantitative estimate of drug-likeness (QED) is 0.858. The number of aliphatic hydroxyl groups excluding tert-OH is 1. The summed E-state index contributed by atoms with van der Waals surface area (Å²) in [5.41, 5.74) is 7.17. The van der Waals surface area contributed by atoms with Crippen LogP contribution >= 0.6 is 0 Å². The van der Waals surface area contributed by atoms with E-state index in [0.717, 1.165) is 25.7 Å². The Bertz CT molecular complexity index is 487. The zero-order valence-corrected chi connectivity index (χ0v) is 11.2. The lowest BCUT2D eigenvalue weighted by atomic mass is 9.82. The maximum Gasteiger partial charge on any atom is 0.270 e. The van der Waals surface area contributed by atoms with Crippen LogP contribution in [0.15, 0.2) is 12.3 Å². The first-order valence-corrected chi connectivity index (χ1v) is 6.95. The largest absolute Gasteiger partial charge is 0.397 e. The molecule has 1 amide bonds. The molecule has 5 nitrogen and oxygen atoms in total. The van der Waals surface area contributed by atoms with Crippen LogP contribution in [0.4, 0.5) is 5.69 Å². The fourth-order valence-corrected chi connectivity index (χ4v) is 2.84. The van der Waals surface area contributed by atoms with Gasteiger partial charge in [-0.25, -0.2) is 0 Å². The Morgan fingerprint density at radius 2 is 2.21 bits per heavy atom. The molecule has 1 aromatic rings. The van der Waals surface area contributed by atoms with Crippen LogP contribution in [0, 0.1) is 5.92 Å². The summed E-state index contributed by atoms with van der Waals surface area (Å²) in [7, 11) is 1.83. The van der Waals surface area contributed by atoms with E-state index < -0.39 is 0 Å². The number of carbonyl (C=O) groups excluding carboxylic acids is 1. The first-order chi connectivity index (χ1) is 9.04. The number of nitrogen functional groups attached to an aromatic ring is 1. The van der Waals surface area contributed by atoms with Gasteiger partial charge in [0.2, 0.25) is 0 Å². The van der Waals surface area contributed by atoms with Gasteiger partial charge in [-0.15, -0.1) is 0 Å². The number of aliphatic hydroxyl groups is 1. The molecule has 5 heteroatoms. The molecule has 1 heterocycles. The van der Waals surface area contributed by atoms with Gasteiger partial charge in [0.25, 0.3) is 5.91 Å². The van der Waals surface area contributed by atoms with Gasteiger partial charge < -0.3 is 20.3 Å². The third-order valence-corrected chi connectivity index (χ3v) is 4.12. The molecule has 0 bridgehead atoms. The van der Waals surface area contributed by atoms with Crippen LogP contribution in [0.1, 0.15) is 42.2 Å². The third-order valence-electron chi connectivity index (χ3n) is 4.12. The van der Waals surface area contributed by atoms with Gasteiger partial charge in [-0.1, -0.05) is 0 Å². The molecule has 0 aliphatic heterocycles. The second kappa shape index (κ2) is 4.56. The Labute approximate surface area is 113 Å². The van der Waals surface area contributed by atoms with E-state index in [1.54, 1.807) is 11.0 Å². The minimum absolute atomic E-state index is 0.0324. The molecular formula is C14H21N3O2. The first-order valence-electron chi connectivity index (χ1n) is 6.95. The van der Waals surface area contributed by atoms with E-state index >= 15 is 0 Å². The molecule has 0 spiro atoms. The van der Waals surface area contributed by atoms with Gasteiger partial charge in [0.05, 0.1) is 11.8 Å². The fraction of sp³-hybridized carbons (Fsp3) is 0.643. The molecule has 0 radical (unpaired) electrons. The molecule has 0 saturated heterocycles. The van der Waals surface area contributed by atoms with E-state index in [1.807, 2.05) is 17.8 Å². The Morgan fingerprint density at radius 3 is 2.79 bits per heavy atom. The maximum atomic E-state index is 12.5. The second-order valence-corrected chi connectivity index (χ2v) is 5.97. The van der Waals surface area contributed by atoms with Gasteiger partial charge in [-0.2, -0.15) is 0 Å². The number of hydrogen-bond acceptors (Lipinski definition) is 3. The van der Waals surface area contributed by atoms with Crippen LogP contribution in [0.25, 0.3) is 0 Å². The Kier molecular flexibility index (Phi) is 3.01. The highest BCUT2D eigenvalue weighted by Gasteiger charge is 2.32. The molecule has 0 aromatic carbocycles. The number of anilines is 1. The van der Waals surface area contributed by atoms with Crippen LogP contribution in [-0.2, 0) is 0 Å². The van der Waals surface area contributed by atoms with Crippen molar-refractivity contribution in [3.05, 3.63) is 18.0 Å². The summed E-state index contributed by atoms with van der Waals surface area (Å²) in [6, 6.07) is 2.22. The summed E-state index contributed by atoms with van der Waals surface area (Å²) in [6.07, 6.45) is 5.58. The van der Waals surface area contributed by atoms with E-state index in [2.05, 4.69) is 0 Å². The standard InChI is InChI=1S/C14H21N3O2/c1-16(7-9-4-12(18)5-9)14(19)13-6-10(15)8-17(13)11-2-3-11/h6,8-9,11-12,18H,2-5,7,15H2,1H3. The van der Waals surface area contributed by atoms with Gasteiger partial charge in [0.1, 0.15) is 5.69 Å². The Hall–Kier alpha value is -1.49. The molecule has 2 fully saturated rings. The Morgan fingerprint density at radius 1 is 1.53 bits per heavy atom. The highest BCUT2D eigenvalue weighted by atomic mass is 16.3. The summed E-state index contributed by atoms with van der Waals surface area (Å²) in [5.74, 6) is 0.468. The number of rotatable bonds is 4. The van der Waals surface area contributed by atoms with Crippen LogP contribution in [0.5, 0.6) is 0 Å². The molecular weight excluding hydrogens is 242 g/mol. The van der Waals surface area contributed by atoms with E-state index in [9.17, 15) is 9.90 Å². The molecule has 3 rings (SSSR count). The summed E-state index contributed by atoms with van der Waals surface area (Å²) in [6.45, 7) is 0.714. The minimum atomic E-state index is -0.167. The number of carbonyl (C=O) groups is 1. The number of nitrogens with zero attached hydrogens (tertiary/aromatic N) is 2. The van der Waals surface area contributed by atoms with Crippen molar-refractivity contribution in [2.24, 2.45) is 5.92 Å². The Balaban J connectivity index is 1.68. The van der Waals surface area contributed by atoms with Gasteiger partial charge in [0, 0.05) is 25.8 Å². The SMILES string of the molecule is CN(CC1CC(O)C1)C(=O)c1cc(N)cn1C1CC1. The lowest BCUT2D eigenvalue weighted by Crippen LogP contribution is -2.40. The van der Waals surface area contributed by atoms with Gasteiger partial charge in [-0.3, -0.25) is 4.79 Å². The summed E-state index contributed by atoms with van der Waals surface area (Å²) < 4.78 is 2.02. The maximum absolute atomic E-state index is 12.5. The van der Waals surface area contributed by atoms with Crippen molar-refractivity contribution in [1.82, 2.24) is 9.47 Å². The number of aromatic nitrogens is 1. The summed E-state index contributed by atoms with van der Waals surface area (Å²) >= 11 is 0. The molecule has 1 aromatic heterocycles. The monoisotopic (exact) mass is 263 g/mol. The van der Waals surface area contributed by atoms with Crippen molar-refractivity contribution >= 4 is 11.6 Å². The zero-order valence-electron chi connectivity index (χ0n) is 11.2. The fourth-order valence-electron chi connectivity index (χ4n) is 2.84. The average Bonchev–Trinajstić information content (AvgIpc) is 3.09.